The third-order valence-electron chi connectivity index (χ3n) is 3.57. The van der Waals surface area contributed by atoms with Gasteiger partial charge in [-0.15, -0.1) is 10.2 Å². The number of rotatable bonds is 7. The van der Waals surface area contributed by atoms with E-state index in [1.165, 1.54) is 17.3 Å². The number of benzene rings is 1. The van der Waals surface area contributed by atoms with Gasteiger partial charge < -0.3 is 9.88 Å². The molecular formula is C17H24N4OS. The van der Waals surface area contributed by atoms with Crippen molar-refractivity contribution >= 4 is 17.7 Å². The van der Waals surface area contributed by atoms with E-state index in [-0.39, 0.29) is 11.9 Å². The van der Waals surface area contributed by atoms with Gasteiger partial charge in [-0.25, -0.2) is 0 Å². The zero-order chi connectivity index (χ0) is 16.8. The second-order valence-corrected chi connectivity index (χ2v) is 6.72. The molecule has 1 aromatic heterocycles. The lowest BCUT2D eigenvalue weighted by molar-refractivity contribution is -0.119. The first-order valence-electron chi connectivity index (χ1n) is 7.89. The summed E-state index contributed by atoms with van der Waals surface area (Å²) in [5, 5.41) is 12.2. The minimum Gasteiger partial charge on any atom is -0.353 e. The summed E-state index contributed by atoms with van der Waals surface area (Å²) >= 11 is 1.41. The molecule has 1 amide bonds. The molecule has 1 heterocycles. The van der Waals surface area contributed by atoms with Crippen LogP contribution in [-0.2, 0) is 11.8 Å². The van der Waals surface area contributed by atoms with Crippen molar-refractivity contribution in [2.24, 2.45) is 7.05 Å². The van der Waals surface area contributed by atoms with Gasteiger partial charge in [0.25, 0.3) is 0 Å². The Hall–Kier alpha value is -1.82. The number of thioether (sulfide) groups is 1. The highest BCUT2D eigenvalue weighted by molar-refractivity contribution is 7.99. The summed E-state index contributed by atoms with van der Waals surface area (Å²) in [6.07, 6.45) is 2.07. The van der Waals surface area contributed by atoms with Gasteiger partial charge in [0, 0.05) is 18.7 Å². The van der Waals surface area contributed by atoms with Crippen molar-refractivity contribution in [2.45, 2.75) is 44.8 Å². The van der Waals surface area contributed by atoms with Crippen LogP contribution in [0.25, 0.3) is 11.4 Å². The fourth-order valence-electron chi connectivity index (χ4n) is 2.43. The number of hydrogen-bond acceptors (Lipinski definition) is 4. The number of aryl methyl sites for hydroxylation is 1. The fraction of sp³-hybridized carbons (Fsp3) is 0.471. The second kappa shape index (κ2) is 8.15. The van der Waals surface area contributed by atoms with E-state index in [1.807, 2.05) is 30.7 Å². The van der Waals surface area contributed by atoms with Crippen molar-refractivity contribution < 1.29 is 4.79 Å². The zero-order valence-corrected chi connectivity index (χ0v) is 15.0. The predicted molar refractivity (Wildman–Crippen MR) is 94.4 cm³/mol. The normalized spacial score (nSPS) is 12.2. The summed E-state index contributed by atoms with van der Waals surface area (Å²) in [7, 11) is 1.93. The summed E-state index contributed by atoms with van der Waals surface area (Å²) in [4.78, 5) is 11.9. The molecule has 0 bridgehead atoms. The lowest BCUT2D eigenvalue weighted by Gasteiger charge is -2.12. The van der Waals surface area contributed by atoms with Crippen LogP contribution < -0.4 is 5.32 Å². The Morgan fingerprint density at radius 2 is 2.17 bits per heavy atom. The maximum Gasteiger partial charge on any atom is 0.230 e. The third-order valence-corrected chi connectivity index (χ3v) is 4.59. The van der Waals surface area contributed by atoms with Gasteiger partial charge in [0.1, 0.15) is 0 Å². The molecule has 0 aliphatic heterocycles. The van der Waals surface area contributed by atoms with E-state index in [9.17, 15) is 4.79 Å². The van der Waals surface area contributed by atoms with Crippen molar-refractivity contribution in [3.63, 3.8) is 0 Å². The Morgan fingerprint density at radius 3 is 2.87 bits per heavy atom. The molecule has 0 saturated heterocycles. The molecule has 6 heteroatoms. The minimum atomic E-state index is 0.0380. The molecule has 1 N–H and O–H groups in total. The first kappa shape index (κ1) is 17.5. The molecule has 0 fully saturated rings. The molecule has 0 aliphatic carbocycles. The molecule has 5 nitrogen and oxygen atoms in total. The van der Waals surface area contributed by atoms with Crippen molar-refractivity contribution in [1.82, 2.24) is 20.1 Å². The Balaban J connectivity index is 1.99. The number of hydrogen-bond donors (Lipinski definition) is 1. The Kier molecular flexibility index (Phi) is 6.21. The number of carbonyl (C=O) groups excluding carboxylic acids is 1. The number of nitrogens with one attached hydrogen (secondary N) is 1. The van der Waals surface area contributed by atoms with Gasteiger partial charge in [-0.1, -0.05) is 48.9 Å². The predicted octanol–water partition coefficient (Wildman–Crippen LogP) is 3.19. The molecule has 23 heavy (non-hydrogen) atoms. The Bertz CT molecular complexity index is 668. The largest absolute Gasteiger partial charge is 0.353 e. The summed E-state index contributed by atoms with van der Waals surface area (Å²) in [5.41, 5.74) is 2.22. The molecule has 2 aromatic rings. The van der Waals surface area contributed by atoms with Gasteiger partial charge in [0.2, 0.25) is 5.91 Å². The number of amides is 1. The summed E-state index contributed by atoms with van der Waals surface area (Å²) in [6, 6.07) is 8.38. The van der Waals surface area contributed by atoms with E-state index in [4.69, 9.17) is 0 Å². The quantitative estimate of drug-likeness (QED) is 0.791. The van der Waals surface area contributed by atoms with Crippen molar-refractivity contribution in [1.29, 1.82) is 0 Å². The first-order chi connectivity index (χ1) is 11.0. The topological polar surface area (TPSA) is 59.8 Å². The van der Waals surface area contributed by atoms with E-state index in [2.05, 4.69) is 41.5 Å². The standard InChI is InChI=1S/C17H24N4OS/c1-5-7-13(3)18-15(22)11-23-17-20-19-16(21(17)4)14-9-6-8-12(2)10-14/h6,8-10,13H,5,7,11H2,1-4H3,(H,18,22)/t13-/m0/s1. The van der Waals surface area contributed by atoms with Gasteiger partial charge in [-0.2, -0.15) is 0 Å². The Morgan fingerprint density at radius 1 is 1.39 bits per heavy atom. The van der Waals surface area contributed by atoms with Crippen LogP contribution in [0.2, 0.25) is 0 Å². The molecular weight excluding hydrogens is 308 g/mol. The maximum atomic E-state index is 11.9. The van der Waals surface area contributed by atoms with E-state index < -0.39 is 0 Å². The summed E-state index contributed by atoms with van der Waals surface area (Å²) in [5.74, 6) is 1.21. The lowest BCUT2D eigenvalue weighted by atomic mass is 10.1. The van der Waals surface area contributed by atoms with Crippen molar-refractivity contribution in [3.8, 4) is 11.4 Å². The van der Waals surface area contributed by atoms with Crippen LogP contribution >= 0.6 is 11.8 Å². The summed E-state index contributed by atoms with van der Waals surface area (Å²) in [6.45, 7) is 6.20. The average molecular weight is 332 g/mol. The minimum absolute atomic E-state index is 0.0380. The third kappa shape index (κ3) is 4.82. The molecule has 2 rings (SSSR count). The van der Waals surface area contributed by atoms with E-state index >= 15 is 0 Å². The molecule has 0 radical (unpaired) electrons. The maximum absolute atomic E-state index is 11.9. The number of aromatic nitrogens is 3. The summed E-state index contributed by atoms with van der Waals surface area (Å²) < 4.78 is 1.93. The van der Waals surface area contributed by atoms with Crippen molar-refractivity contribution in [3.05, 3.63) is 29.8 Å². The van der Waals surface area contributed by atoms with Gasteiger partial charge >= 0.3 is 0 Å². The highest BCUT2D eigenvalue weighted by Crippen LogP contribution is 2.23. The van der Waals surface area contributed by atoms with E-state index in [1.54, 1.807) is 0 Å². The molecule has 1 aromatic carbocycles. The van der Waals surface area contributed by atoms with Gasteiger partial charge in [0.05, 0.1) is 5.75 Å². The van der Waals surface area contributed by atoms with Gasteiger partial charge in [-0.3, -0.25) is 4.79 Å². The molecule has 0 saturated carbocycles. The number of carbonyl (C=O) groups is 1. The lowest BCUT2D eigenvalue weighted by Crippen LogP contribution is -2.33. The second-order valence-electron chi connectivity index (χ2n) is 5.78. The van der Waals surface area contributed by atoms with Crippen LogP contribution in [0.4, 0.5) is 0 Å². The molecule has 1 atom stereocenters. The SMILES string of the molecule is CCC[C@H](C)NC(=O)CSc1nnc(-c2cccc(C)c2)n1C. The zero-order valence-electron chi connectivity index (χ0n) is 14.2. The fourth-order valence-corrected chi connectivity index (χ4v) is 3.15. The first-order valence-corrected chi connectivity index (χ1v) is 8.88. The molecule has 0 aliphatic rings. The van der Waals surface area contributed by atoms with Crippen LogP contribution in [0.5, 0.6) is 0 Å². The van der Waals surface area contributed by atoms with E-state index in [0.717, 1.165) is 29.4 Å². The van der Waals surface area contributed by atoms with E-state index in [0.29, 0.717) is 5.75 Å². The number of nitrogens with zero attached hydrogens (tertiary/aromatic N) is 3. The average Bonchev–Trinajstić information content (AvgIpc) is 2.86. The monoisotopic (exact) mass is 332 g/mol. The van der Waals surface area contributed by atoms with Crippen molar-refractivity contribution in [2.75, 3.05) is 5.75 Å². The van der Waals surface area contributed by atoms with Crippen LogP contribution in [0.15, 0.2) is 29.4 Å². The van der Waals surface area contributed by atoms with Gasteiger partial charge in [-0.05, 0) is 26.3 Å². The molecule has 0 unspecified atom stereocenters. The molecule has 0 spiro atoms. The van der Waals surface area contributed by atoms with Crippen LogP contribution in [0.1, 0.15) is 32.3 Å². The Labute approximate surface area is 141 Å². The van der Waals surface area contributed by atoms with Crippen LogP contribution in [-0.4, -0.2) is 32.5 Å². The smallest absolute Gasteiger partial charge is 0.230 e. The highest BCUT2D eigenvalue weighted by Gasteiger charge is 2.13. The highest BCUT2D eigenvalue weighted by atomic mass is 32.2. The van der Waals surface area contributed by atoms with Gasteiger partial charge in [0.15, 0.2) is 11.0 Å². The van der Waals surface area contributed by atoms with Crippen LogP contribution in [0.3, 0.4) is 0 Å². The van der Waals surface area contributed by atoms with Crippen LogP contribution in [0, 0.1) is 6.92 Å². The molecule has 124 valence electrons.